The van der Waals surface area contributed by atoms with Crippen LogP contribution in [-0.4, -0.2) is 35.0 Å². The van der Waals surface area contributed by atoms with E-state index in [9.17, 15) is 26.3 Å². The molecule has 120 valence electrons. The molecule has 0 aliphatic rings. The minimum atomic E-state index is -5.58. The summed E-state index contributed by atoms with van der Waals surface area (Å²) in [5, 5.41) is 2.96. The van der Waals surface area contributed by atoms with Crippen molar-refractivity contribution in [1.29, 1.82) is 0 Å². The van der Waals surface area contributed by atoms with Gasteiger partial charge in [-0.05, 0) is 13.0 Å². The Morgan fingerprint density at radius 1 is 1.10 bits per heavy atom. The van der Waals surface area contributed by atoms with Crippen molar-refractivity contribution >= 4 is 0 Å². The molecule has 0 unspecified atom stereocenters. The van der Waals surface area contributed by atoms with E-state index >= 15 is 0 Å². The van der Waals surface area contributed by atoms with E-state index in [0.29, 0.717) is 18.8 Å². The van der Waals surface area contributed by atoms with Crippen molar-refractivity contribution < 1.29 is 31.1 Å². The lowest BCUT2D eigenvalue weighted by Gasteiger charge is -2.23. The molecule has 1 aromatic heterocycles. The fraction of sp³-hybridized carbons (Fsp3) is 0.636. The van der Waals surface area contributed by atoms with Gasteiger partial charge in [-0.25, -0.2) is 4.98 Å². The highest BCUT2D eigenvalue weighted by Gasteiger charge is 2.59. The van der Waals surface area contributed by atoms with Gasteiger partial charge in [0, 0.05) is 6.54 Å². The molecule has 0 atom stereocenters. The summed E-state index contributed by atoms with van der Waals surface area (Å²) in [4.78, 5) is 7.08. The molecule has 0 amide bonds. The maximum absolute atomic E-state index is 12.3. The molecule has 1 aromatic rings. The number of nitrogens with one attached hydrogen (secondary N) is 1. The summed E-state index contributed by atoms with van der Waals surface area (Å²) >= 11 is 0. The molecule has 0 spiro atoms. The molecule has 0 radical (unpaired) electrons. The highest BCUT2D eigenvalue weighted by molar-refractivity contribution is 5.08. The second kappa shape index (κ2) is 6.92. The predicted octanol–water partition coefficient (Wildman–Crippen LogP) is 2.85. The Bertz CT molecular complexity index is 417. The van der Waals surface area contributed by atoms with Crippen LogP contribution in [-0.2, 0) is 6.54 Å². The maximum Gasteiger partial charge on any atom is 0.434 e. The number of hydrogen-bond acceptors (Lipinski definition) is 4. The zero-order valence-electron chi connectivity index (χ0n) is 10.9. The van der Waals surface area contributed by atoms with Gasteiger partial charge >= 0.3 is 12.4 Å². The molecule has 1 rings (SSSR count). The first-order chi connectivity index (χ1) is 9.64. The van der Waals surface area contributed by atoms with Gasteiger partial charge in [-0.15, -0.1) is 0 Å². The van der Waals surface area contributed by atoms with Crippen molar-refractivity contribution in [2.45, 2.75) is 38.3 Å². The number of alkyl halides is 6. The molecule has 0 bridgehead atoms. The summed E-state index contributed by atoms with van der Waals surface area (Å²) in [6, 6.07) is 0. The molecule has 0 aliphatic heterocycles. The zero-order chi connectivity index (χ0) is 16.1. The lowest BCUT2D eigenvalue weighted by atomic mass is 10.3. The quantitative estimate of drug-likeness (QED) is 0.647. The fourth-order valence-corrected chi connectivity index (χ4v) is 1.33. The van der Waals surface area contributed by atoms with Crippen LogP contribution in [0.2, 0.25) is 0 Å². The monoisotopic (exact) mass is 317 g/mol. The first-order valence-electron chi connectivity index (χ1n) is 5.96. The average Bonchev–Trinajstić information content (AvgIpc) is 2.35. The maximum atomic E-state index is 12.3. The zero-order valence-corrected chi connectivity index (χ0v) is 10.9. The van der Waals surface area contributed by atoms with Crippen LogP contribution in [0.5, 0.6) is 5.88 Å². The van der Waals surface area contributed by atoms with Gasteiger partial charge in [0.15, 0.2) is 0 Å². The van der Waals surface area contributed by atoms with E-state index in [4.69, 9.17) is 0 Å². The number of rotatable bonds is 6. The first-order valence-corrected chi connectivity index (χ1v) is 5.96. The Labute approximate surface area is 116 Å². The Hall–Kier alpha value is -1.58. The normalized spacial score (nSPS) is 12.8. The van der Waals surface area contributed by atoms with Crippen LogP contribution < -0.4 is 10.1 Å². The molecule has 0 aliphatic carbocycles. The number of ether oxygens (including phenoxy) is 1. The fourth-order valence-electron chi connectivity index (χ4n) is 1.33. The van der Waals surface area contributed by atoms with Gasteiger partial charge in [-0.3, -0.25) is 4.98 Å². The predicted molar refractivity (Wildman–Crippen MR) is 60.6 cm³/mol. The summed E-state index contributed by atoms with van der Waals surface area (Å²) in [6.45, 7) is 2.94. The van der Waals surface area contributed by atoms with Crippen molar-refractivity contribution in [2.75, 3.05) is 6.54 Å². The van der Waals surface area contributed by atoms with Crippen LogP contribution in [0.25, 0.3) is 0 Å². The van der Waals surface area contributed by atoms with Crippen molar-refractivity contribution in [1.82, 2.24) is 15.3 Å². The Balaban J connectivity index is 2.73. The van der Waals surface area contributed by atoms with Crippen LogP contribution in [0.3, 0.4) is 0 Å². The van der Waals surface area contributed by atoms with E-state index in [1.807, 2.05) is 6.92 Å². The van der Waals surface area contributed by atoms with Gasteiger partial charge in [0.2, 0.25) is 5.88 Å². The van der Waals surface area contributed by atoms with Gasteiger partial charge in [0.1, 0.15) is 0 Å². The Morgan fingerprint density at radius 2 is 1.71 bits per heavy atom. The van der Waals surface area contributed by atoms with Gasteiger partial charge in [-0.1, -0.05) is 6.92 Å². The van der Waals surface area contributed by atoms with E-state index in [2.05, 4.69) is 20.0 Å². The number of halogens is 6. The average molecular weight is 317 g/mol. The molecular weight excluding hydrogens is 304 g/mol. The van der Waals surface area contributed by atoms with Crippen LogP contribution in [0.1, 0.15) is 19.0 Å². The molecule has 0 saturated carbocycles. The smallest absolute Gasteiger partial charge is 0.434 e. The summed E-state index contributed by atoms with van der Waals surface area (Å²) in [7, 11) is 0. The SMILES string of the molecule is CCCNCc1cnc(OC(C(F)(F)F)C(F)(F)F)cn1. The third kappa shape index (κ3) is 5.74. The summed E-state index contributed by atoms with van der Waals surface area (Å²) in [5.74, 6) is -0.839. The number of hydrogen-bond donors (Lipinski definition) is 1. The first kappa shape index (κ1) is 17.5. The second-order valence-electron chi connectivity index (χ2n) is 4.10. The van der Waals surface area contributed by atoms with Crippen LogP contribution in [0.15, 0.2) is 12.4 Å². The van der Waals surface area contributed by atoms with Crippen molar-refractivity contribution in [3.63, 3.8) is 0 Å². The largest absolute Gasteiger partial charge is 0.454 e. The molecule has 10 heteroatoms. The molecular formula is C11H13F6N3O. The standard InChI is InChI=1S/C11H13F6N3O/c1-2-3-18-4-7-5-20-8(6-19-7)21-9(10(12,13)14)11(15,16)17/h5-6,9,18H,2-4H2,1H3. The number of nitrogens with zero attached hydrogens (tertiary/aromatic N) is 2. The van der Waals surface area contributed by atoms with Gasteiger partial charge < -0.3 is 10.1 Å². The van der Waals surface area contributed by atoms with E-state index < -0.39 is 24.3 Å². The molecule has 1 N–H and O–H groups in total. The van der Waals surface area contributed by atoms with Gasteiger partial charge in [0.05, 0.1) is 18.1 Å². The Morgan fingerprint density at radius 3 is 2.14 bits per heavy atom. The number of aromatic nitrogens is 2. The summed E-state index contributed by atoms with van der Waals surface area (Å²) in [5.41, 5.74) is 0.381. The van der Waals surface area contributed by atoms with E-state index in [-0.39, 0.29) is 0 Å². The molecule has 21 heavy (non-hydrogen) atoms. The molecule has 0 aromatic carbocycles. The highest BCUT2D eigenvalue weighted by atomic mass is 19.4. The molecule has 4 nitrogen and oxygen atoms in total. The third-order valence-electron chi connectivity index (χ3n) is 2.25. The summed E-state index contributed by atoms with van der Waals surface area (Å²) in [6.07, 6.45) is -12.4. The van der Waals surface area contributed by atoms with Crippen molar-refractivity contribution in [3.8, 4) is 5.88 Å². The molecule has 1 heterocycles. The summed E-state index contributed by atoms with van der Waals surface area (Å²) < 4.78 is 77.6. The Kier molecular flexibility index (Phi) is 5.76. The third-order valence-corrected chi connectivity index (χ3v) is 2.25. The van der Waals surface area contributed by atoms with Crippen LogP contribution in [0.4, 0.5) is 26.3 Å². The highest BCUT2D eigenvalue weighted by Crippen LogP contribution is 2.35. The minimum absolute atomic E-state index is 0.309. The van der Waals surface area contributed by atoms with Crippen LogP contribution >= 0.6 is 0 Å². The molecule has 0 fully saturated rings. The lowest BCUT2D eigenvalue weighted by Crippen LogP contribution is -2.46. The van der Waals surface area contributed by atoms with E-state index in [1.54, 1.807) is 0 Å². The van der Waals surface area contributed by atoms with Crippen molar-refractivity contribution in [2.24, 2.45) is 0 Å². The minimum Gasteiger partial charge on any atom is -0.454 e. The van der Waals surface area contributed by atoms with Crippen molar-refractivity contribution in [3.05, 3.63) is 18.1 Å². The second-order valence-corrected chi connectivity index (χ2v) is 4.10. The van der Waals surface area contributed by atoms with Crippen LogP contribution in [0, 0.1) is 0 Å². The van der Waals surface area contributed by atoms with Gasteiger partial charge in [0.25, 0.3) is 6.10 Å². The van der Waals surface area contributed by atoms with Gasteiger partial charge in [-0.2, -0.15) is 26.3 Å². The topological polar surface area (TPSA) is 47.0 Å². The lowest BCUT2D eigenvalue weighted by molar-refractivity contribution is -0.300. The van der Waals surface area contributed by atoms with E-state index in [0.717, 1.165) is 18.8 Å². The van der Waals surface area contributed by atoms with E-state index in [1.165, 1.54) is 0 Å². The molecule has 0 saturated heterocycles.